The molecule has 1 aliphatic heterocycles. The van der Waals surface area contributed by atoms with E-state index in [9.17, 15) is 9.59 Å². The minimum atomic E-state index is -0.667. The molecule has 3 rings (SSSR count). The van der Waals surface area contributed by atoms with Crippen LogP contribution in [0.4, 0.5) is 5.69 Å². The average molecular weight is 344 g/mol. The summed E-state index contributed by atoms with van der Waals surface area (Å²) in [7, 11) is 1.25. The van der Waals surface area contributed by atoms with Crippen LogP contribution in [0.15, 0.2) is 64.0 Å². The van der Waals surface area contributed by atoms with Crippen molar-refractivity contribution in [2.75, 3.05) is 12.0 Å². The number of anilines is 1. The monoisotopic (exact) mass is 343 g/mol. The third-order valence-corrected chi connectivity index (χ3v) is 3.95. The number of rotatable bonds is 3. The zero-order chi connectivity index (χ0) is 17.3. The molecule has 0 amide bonds. The first-order valence-electron chi connectivity index (χ1n) is 7.17. The summed E-state index contributed by atoms with van der Waals surface area (Å²) in [4.78, 5) is 26.5. The Morgan fingerprint density at radius 1 is 1.25 bits per heavy atom. The molecule has 6 heteroatoms. The average Bonchev–Trinajstić information content (AvgIpc) is 3.16. The van der Waals surface area contributed by atoms with Crippen LogP contribution in [0.25, 0.3) is 6.08 Å². The van der Waals surface area contributed by atoms with E-state index in [1.807, 2.05) is 0 Å². The largest absolute Gasteiger partial charge is 0.465 e. The van der Waals surface area contributed by atoms with E-state index >= 15 is 0 Å². The van der Waals surface area contributed by atoms with Gasteiger partial charge in [0.25, 0.3) is 0 Å². The second-order valence-electron chi connectivity index (χ2n) is 5.14. The Labute approximate surface area is 143 Å². The quantitative estimate of drug-likeness (QED) is 0.482. The summed E-state index contributed by atoms with van der Waals surface area (Å²) in [6.45, 7) is 1.70. The Balaban J connectivity index is 2.15. The maximum absolute atomic E-state index is 12.8. The van der Waals surface area contributed by atoms with Gasteiger partial charge >= 0.3 is 5.97 Å². The van der Waals surface area contributed by atoms with Crippen molar-refractivity contribution in [2.24, 2.45) is 0 Å². The molecule has 2 aromatic rings. The van der Waals surface area contributed by atoms with Gasteiger partial charge < -0.3 is 14.1 Å². The third-order valence-electron chi connectivity index (χ3n) is 3.69. The number of allylic oxidation sites excluding steroid dienone is 2. The van der Waals surface area contributed by atoms with Gasteiger partial charge in [0.2, 0.25) is 5.78 Å². The molecule has 0 spiro atoms. The standard InChI is InChI=1S/C18H14ClNO4/c1-11-16(18(22)23-2)17(21)15(10-14-4-3-9-24-14)20(11)13-7-5-12(19)6-8-13/h3-10H,1-2H3/b15-10-. The van der Waals surface area contributed by atoms with Crippen LogP contribution in [0.2, 0.25) is 5.02 Å². The molecule has 2 heterocycles. The van der Waals surface area contributed by atoms with Gasteiger partial charge in [0.05, 0.1) is 19.1 Å². The normalized spacial score (nSPS) is 16.2. The maximum Gasteiger partial charge on any atom is 0.343 e. The van der Waals surface area contributed by atoms with E-state index < -0.39 is 11.8 Å². The number of benzene rings is 1. The van der Waals surface area contributed by atoms with Crippen molar-refractivity contribution in [1.82, 2.24) is 0 Å². The Bertz CT molecular complexity index is 848. The highest BCUT2D eigenvalue weighted by Gasteiger charge is 2.38. The first-order valence-corrected chi connectivity index (χ1v) is 7.55. The van der Waals surface area contributed by atoms with Crippen LogP contribution in [-0.4, -0.2) is 18.9 Å². The number of esters is 1. The molecular weight excluding hydrogens is 330 g/mol. The van der Waals surface area contributed by atoms with Crippen molar-refractivity contribution < 1.29 is 18.7 Å². The summed E-state index contributed by atoms with van der Waals surface area (Å²) in [5, 5.41) is 0.579. The van der Waals surface area contributed by atoms with Gasteiger partial charge in [-0.1, -0.05) is 11.6 Å². The predicted molar refractivity (Wildman–Crippen MR) is 90.3 cm³/mol. The number of nitrogens with zero attached hydrogens (tertiary/aromatic N) is 1. The second kappa shape index (κ2) is 6.37. The summed E-state index contributed by atoms with van der Waals surface area (Å²) in [5.41, 5.74) is 1.52. The molecule has 0 aliphatic carbocycles. The summed E-state index contributed by atoms with van der Waals surface area (Å²) in [6, 6.07) is 10.4. The molecule has 122 valence electrons. The number of hydrogen-bond acceptors (Lipinski definition) is 5. The highest BCUT2D eigenvalue weighted by atomic mass is 35.5. The van der Waals surface area contributed by atoms with Gasteiger partial charge in [-0.3, -0.25) is 4.79 Å². The van der Waals surface area contributed by atoms with Crippen LogP contribution in [0.3, 0.4) is 0 Å². The lowest BCUT2D eigenvalue weighted by atomic mass is 10.1. The summed E-state index contributed by atoms with van der Waals surface area (Å²) in [6.07, 6.45) is 3.11. The first-order chi connectivity index (χ1) is 11.5. The molecule has 24 heavy (non-hydrogen) atoms. The van der Waals surface area contributed by atoms with Crippen LogP contribution >= 0.6 is 11.6 Å². The van der Waals surface area contributed by atoms with Gasteiger partial charge in [-0.2, -0.15) is 0 Å². The minimum absolute atomic E-state index is 0.00487. The second-order valence-corrected chi connectivity index (χ2v) is 5.57. The van der Waals surface area contributed by atoms with E-state index in [1.165, 1.54) is 13.4 Å². The summed E-state index contributed by atoms with van der Waals surface area (Å²) >= 11 is 5.94. The smallest absolute Gasteiger partial charge is 0.343 e. The number of hydrogen-bond donors (Lipinski definition) is 0. The molecule has 0 saturated carbocycles. The van der Waals surface area contributed by atoms with Crippen LogP contribution in [0.5, 0.6) is 0 Å². The molecule has 0 unspecified atom stereocenters. The van der Waals surface area contributed by atoms with Crippen molar-refractivity contribution >= 4 is 35.1 Å². The summed E-state index contributed by atoms with van der Waals surface area (Å²) in [5.74, 6) is -0.568. The fraction of sp³-hybridized carbons (Fsp3) is 0.111. The number of ether oxygens (including phenoxy) is 1. The lowest BCUT2D eigenvalue weighted by Gasteiger charge is -2.21. The SMILES string of the molecule is COC(=O)C1=C(C)N(c2ccc(Cl)cc2)/C(=C\c2ccco2)C1=O. The number of furan rings is 1. The molecule has 0 saturated heterocycles. The molecule has 0 bridgehead atoms. The maximum atomic E-state index is 12.8. The fourth-order valence-electron chi connectivity index (χ4n) is 2.59. The van der Waals surface area contributed by atoms with E-state index in [1.54, 1.807) is 54.3 Å². The van der Waals surface area contributed by atoms with Gasteiger partial charge in [0.15, 0.2) is 0 Å². The molecule has 0 fully saturated rings. The number of Topliss-reactive ketones (excluding diaryl/α,β-unsaturated/α-hetero) is 1. The third kappa shape index (κ3) is 2.74. The van der Waals surface area contributed by atoms with E-state index in [0.29, 0.717) is 27.9 Å². The van der Waals surface area contributed by atoms with Gasteiger partial charge in [0.1, 0.15) is 11.3 Å². The zero-order valence-electron chi connectivity index (χ0n) is 13.1. The molecule has 0 atom stereocenters. The molecule has 0 radical (unpaired) electrons. The van der Waals surface area contributed by atoms with Gasteiger partial charge in [-0.15, -0.1) is 0 Å². The van der Waals surface area contributed by atoms with Gasteiger partial charge in [0, 0.05) is 22.5 Å². The Kier molecular flexibility index (Phi) is 4.27. The van der Waals surface area contributed by atoms with E-state index in [2.05, 4.69) is 0 Å². The molecule has 1 aliphatic rings. The van der Waals surface area contributed by atoms with Crippen LogP contribution in [0.1, 0.15) is 12.7 Å². The Morgan fingerprint density at radius 3 is 2.54 bits per heavy atom. The zero-order valence-corrected chi connectivity index (χ0v) is 13.8. The highest BCUT2D eigenvalue weighted by Crippen LogP contribution is 2.36. The van der Waals surface area contributed by atoms with E-state index in [0.717, 1.165) is 0 Å². The van der Waals surface area contributed by atoms with Crippen molar-refractivity contribution in [1.29, 1.82) is 0 Å². The van der Waals surface area contributed by atoms with Crippen molar-refractivity contribution in [2.45, 2.75) is 6.92 Å². The summed E-state index contributed by atoms with van der Waals surface area (Å²) < 4.78 is 10.0. The highest BCUT2D eigenvalue weighted by molar-refractivity contribution is 6.31. The van der Waals surface area contributed by atoms with Gasteiger partial charge in [-0.05, 0) is 43.3 Å². The van der Waals surface area contributed by atoms with Crippen molar-refractivity contribution in [3.63, 3.8) is 0 Å². The molecule has 1 aromatic heterocycles. The first kappa shape index (κ1) is 16.1. The van der Waals surface area contributed by atoms with E-state index in [4.69, 9.17) is 20.8 Å². The molecule has 5 nitrogen and oxygen atoms in total. The fourth-order valence-corrected chi connectivity index (χ4v) is 2.72. The van der Waals surface area contributed by atoms with Crippen LogP contribution < -0.4 is 4.90 Å². The topological polar surface area (TPSA) is 59.8 Å². The molecule has 0 N–H and O–H groups in total. The number of ketones is 1. The van der Waals surface area contributed by atoms with Crippen molar-refractivity contribution in [3.05, 3.63) is 70.4 Å². The van der Waals surface area contributed by atoms with Gasteiger partial charge in [-0.25, -0.2) is 4.79 Å². The Hall–Kier alpha value is -2.79. The van der Waals surface area contributed by atoms with Crippen LogP contribution in [-0.2, 0) is 14.3 Å². The predicted octanol–water partition coefficient (Wildman–Crippen LogP) is 3.81. The van der Waals surface area contributed by atoms with E-state index in [-0.39, 0.29) is 5.57 Å². The Morgan fingerprint density at radius 2 is 1.96 bits per heavy atom. The lowest BCUT2D eigenvalue weighted by Crippen LogP contribution is -2.18. The number of carbonyl (C=O) groups is 2. The molecular formula is C18H14ClNO4. The van der Waals surface area contributed by atoms with Crippen LogP contribution in [0, 0.1) is 0 Å². The lowest BCUT2D eigenvalue weighted by molar-refractivity contribution is -0.137. The number of halogens is 1. The minimum Gasteiger partial charge on any atom is -0.465 e. The number of carbonyl (C=O) groups excluding carboxylic acids is 2. The number of methoxy groups -OCH3 is 1. The molecule has 1 aromatic carbocycles. The van der Waals surface area contributed by atoms with Crippen molar-refractivity contribution in [3.8, 4) is 0 Å².